The molecule has 0 aliphatic rings. The van der Waals surface area contributed by atoms with Crippen molar-refractivity contribution in [2.75, 3.05) is 5.75 Å². The lowest BCUT2D eigenvalue weighted by molar-refractivity contribution is -0.133. The van der Waals surface area contributed by atoms with Crippen molar-refractivity contribution in [2.24, 2.45) is 0 Å². The number of hydrogen-bond donors (Lipinski definition) is 1. The molecule has 1 heterocycles. The molecule has 0 unspecified atom stereocenters. The van der Waals surface area contributed by atoms with Crippen LogP contribution in [0.25, 0.3) is 0 Å². The van der Waals surface area contributed by atoms with E-state index in [1.807, 2.05) is 0 Å². The monoisotopic (exact) mass is 216 g/mol. The van der Waals surface area contributed by atoms with E-state index in [1.54, 1.807) is 11.3 Å². The van der Waals surface area contributed by atoms with Crippen LogP contribution in [-0.4, -0.2) is 16.8 Å². The van der Waals surface area contributed by atoms with E-state index < -0.39 is 5.97 Å². The minimum absolute atomic E-state index is 0.189. The summed E-state index contributed by atoms with van der Waals surface area (Å²) in [5.74, 6) is 0.256. The number of rotatable bonds is 4. The van der Waals surface area contributed by atoms with Gasteiger partial charge in [0.15, 0.2) is 0 Å². The highest BCUT2D eigenvalue weighted by Crippen LogP contribution is 2.24. The van der Waals surface area contributed by atoms with Crippen molar-refractivity contribution in [3.63, 3.8) is 0 Å². The van der Waals surface area contributed by atoms with Crippen molar-refractivity contribution in [2.45, 2.75) is 19.6 Å². The lowest BCUT2D eigenvalue weighted by atomic mass is 10.3. The first kappa shape index (κ1) is 10.6. The molecule has 2 nitrogen and oxygen atoms in total. The lowest BCUT2D eigenvalue weighted by Gasteiger charge is -1.96. The predicted octanol–water partition coefficient (Wildman–Crippen LogP) is 2.68. The number of thioether (sulfide) groups is 1. The molecule has 0 aromatic carbocycles. The summed E-state index contributed by atoms with van der Waals surface area (Å²) in [6.07, 6.45) is 0. The average molecular weight is 216 g/mol. The summed E-state index contributed by atoms with van der Waals surface area (Å²) in [5.41, 5.74) is 1.27. The summed E-state index contributed by atoms with van der Waals surface area (Å²) in [6, 6.07) is 2.13. The van der Waals surface area contributed by atoms with Crippen LogP contribution in [0.15, 0.2) is 6.07 Å². The zero-order valence-corrected chi connectivity index (χ0v) is 9.30. The van der Waals surface area contributed by atoms with E-state index in [2.05, 4.69) is 19.9 Å². The summed E-state index contributed by atoms with van der Waals surface area (Å²) in [4.78, 5) is 12.9. The molecule has 0 amide bonds. The quantitative estimate of drug-likeness (QED) is 0.840. The summed E-state index contributed by atoms with van der Waals surface area (Å²) >= 11 is 3.22. The third kappa shape index (κ3) is 3.40. The van der Waals surface area contributed by atoms with Gasteiger partial charge in [0.2, 0.25) is 0 Å². The highest BCUT2D eigenvalue weighted by atomic mass is 32.2. The number of aryl methyl sites for hydroxylation is 2. The summed E-state index contributed by atoms with van der Waals surface area (Å²) in [5, 5.41) is 8.45. The Kier molecular flexibility index (Phi) is 3.81. The Hall–Kier alpha value is -0.480. The van der Waals surface area contributed by atoms with Crippen molar-refractivity contribution in [3.05, 3.63) is 21.4 Å². The van der Waals surface area contributed by atoms with Gasteiger partial charge >= 0.3 is 5.97 Å². The molecule has 13 heavy (non-hydrogen) atoms. The Morgan fingerprint density at radius 1 is 1.62 bits per heavy atom. The van der Waals surface area contributed by atoms with E-state index in [0.717, 1.165) is 5.75 Å². The van der Waals surface area contributed by atoms with E-state index in [0.29, 0.717) is 0 Å². The van der Waals surface area contributed by atoms with E-state index in [-0.39, 0.29) is 5.75 Å². The Morgan fingerprint density at radius 2 is 2.31 bits per heavy atom. The van der Waals surface area contributed by atoms with Gasteiger partial charge in [-0.1, -0.05) is 0 Å². The van der Waals surface area contributed by atoms with Gasteiger partial charge in [0.1, 0.15) is 0 Å². The fourth-order valence-electron chi connectivity index (χ4n) is 1.08. The second-order valence-electron chi connectivity index (χ2n) is 2.83. The molecule has 0 saturated carbocycles. The van der Waals surface area contributed by atoms with Crippen LogP contribution in [0.3, 0.4) is 0 Å². The highest BCUT2D eigenvalue weighted by molar-refractivity contribution is 7.99. The van der Waals surface area contributed by atoms with E-state index in [1.165, 1.54) is 27.1 Å². The zero-order valence-electron chi connectivity index (χ0n) is 7.66. The number of thiophene rings is 1. The molecule has 0 saturated heterocycles. The van der Waals surface area contributed by atoms with Crippen LogP contribution in [-0.2, 0) is 10.5 Å². The van der Waals surface area contributed by atoms with Crippen molar-refractivity contribution >= 4 is 29.1 Å². The van der Waals surface area contributed by atoms with Gasteiger partial charge in [0.05, 0.1) is 5.75 Å². The van der Waals surface area contributed by atoms with Crippen LogP contribution < -0.4 is 0 Å². The van der Waals surface area contributed by atoms with Crippen LogP contribution in [0.1, 0.15) is 15.3 Å². The number of carbonyl (C=O) groups is 1. The van der Waals surface area contributed by atoms with E-state index in [9.17, 15) is 4.79 Å². The summed E-state index contributed by atoms with van der Waals surface area (Å²) in [7, 11) is 0. The molecule has 0 spiro atoms. The van der Waals surface area contributed by atoms with Crippen LogP contribution in [0.4, 0.5) is 0 Å². The van der Waals surface area contributed by atoms with Gasteiger partial charge in [0, 0.05) is 15.5 Å². The number of carboxylic acid groups (broad SMARTS) is 1. The molecule has 0 aliphatic heterocycles. The molecular formula is C9H12O2S2. The Morgan fingerprint density at radius 3 is 2.77 bits per heavy atom. The third-order valence-corrected chi connectivity index (χ3v) is 3.60. The molecule has 1 aromatic heterocycles. The largest absolute Gasteiger partial charge is 0.481 e. The van der Waals surface area contributed by atoms with E-state index in [4.69, 9.17) is 5.11 Å². The highest BCUT2D eigenvalue weighted by Gasteiger charge is 2.04. The molecule has 1 aromatic rings. The van der Waals surface area contributed by atoms with Crippen molar-refractivity contribution < 1.29 is 9.90 Å². The SMILES string of the molecule is Cc1cc(CSCC(=O)O)c(C)s1. The predicted molar refractivity (Wildman–Crippen MR) is 57.6 cm³/mol. The number of aliphatic carboxylic acids is 1. The second kappa shape index (κ2) is 4.67. The molecule has 0 radical (unpaired) electrons. The molecule has 1 rings (SSSR count). The first-order valence-corrected chi connectivity index (χ1v) is 5.92. The normalized spacial score (nSPS) is 10.3. The van der Waals surface area contributed by atoms with Crippen LogP contribution in [0, 0.1) is 13.8 Å². The first-order valence-electron chi connectivity index (χ1n) is 3.95. The molecule has 0 fully saturated rings. The molecule has 1 N–H and O–H groups in total. The Labute approximate surface area is 86.0 Å². The average Bonchev–Trinajstić information content (AvgIpc) is 2.29. The fraction of sp³-hybridized carbons (Fsp3) is 0.444. The third-order valence-electron chi connectivity index (χ3n) is 1.63. The van der Waals surface area contributed by atoms with E-state index >= 15 is 0 Å². The van der Waals surface area contributed by atoms with Gasteiger partial charge in [-0.2, -0.15) is 0 Å². The maximum Gasteiger partial charge on any atom is 0.313 e. The van der Waals surface area contributed by atoms with Crippen molar-refractivity contribution in [3.8, 4) is 0 Å². The number of carboxylic acids is 1. The van der Waals surface area contributed by atoms with Crippen LogP contribution in [0.5, 0.6) is 0 Å². The van der Waals surface area contributed by atoms with Gasteiger partial charge in [-0.25, -0.2) is 0 Å². The van der Waals surface area contributed by atoms with Gasteiger partial charge in [0.25, 0.3) is 0 Å². The van der Waals surface area contributed by atoms with Gasteiger partial charge in [-0.05, 0) is 25.5 Å². The van der Waals surface area contributed by atoms with Crippen LogP contribution >= 0.6 is 23.1 Å². The molecule has 4 heteroatoms. The fourth-order valence-corrected chi connectivity index (χ4v) is 2.91. The van der Waals surface area contributed by atoms with Gasteiger partial charge in [-0.3, -0.25) is 4.79 Å². The Balaban J connectivity index is 2.45. The Bertz CT molecular complexity index is 305. The molecule has 0 aliphatic carbocycles. The number of hydrogen-bond acceptors (Lipinski definition) is 3. The maximum absolute atomic E-state index is 10.3. The zero-order chi connectivity index (χ0) is 9.84. The molecule has 0 bridgehead atoms. The van der Waals surface area contributed by atoms with Gasteiger partial charge in [-0.15, -0.1) is 23.1 Å². The van der Waals surface area contributed by atoms with Crippen molar-refractivity contribution in [1.82, 2.24) is 0 Å². The standard InChI is InChI=1S/C9H12O2S2/c1-6-3-8(7(2)13-6)4-12-5-9(10)11/h3H,4-5H2,1-2H3,(H,10,11). The maximum atomic E-state index is 10.3. The van der Waals surface area contributed by atoms with Crippen molar-refractivity contribution in [1.29, 1.82) is 0 Å². The minimum atomic E-state index is -0.741. The van der Waals surface area contributed by atoms with Crippen LogP contribution in [0.2, 0.25) is 0 Å². The topological polar surface area (TPSA) is 37.3 Å². The molecule has 0 atom stereocenters. The molecular weight excluding hydrogens is 204 g/mol. The summed E-state index contributed by atoms with van der Waals surface area (Å²) < 4.78 is 0. The summed E-state index contributed by atoms with van der Waals surface area (Å²) in [6.45, 7) is 4.15. The molecule has 72 valence electrons. The lowest BCUT2D eigenvalue weighted by Crippen LogP contribution is -1.98. The smallest absolute Gasteiger partial charge is 0.313 e. The van der Waals surface area contributed by atoms with Gasteiger partial charge < -0.3 is 5.11 Å². The minimum Gasteiger partial charge on any atom is -0.481 e. The second-order valence-corrected chi connectivity index (χ2v) is 5.27. The first-order chi connectivity index (χ1) is 6.09.